The summed E-state index contributed by atoms with van der Waals surface area (Å²) >= 11 is 0. The van der Waals surface area contributed by atoms with Crippen molar-refractivity contribution >= 4 is 15.9 Å². The molecule has 0 saturated heterocycles. The second-order valence-electron chi connectivity index (χ2n) is 7.13. The number of hydrogen-bond donors (Lipinski definition) is 2. The lowest BCUT2D eigenvalue weighted by Gasteiger charge is -2.19. The largest absolute Gasteiger partial charge is 0.273 e. The van der Waals surface area contributed by atoms with Gasteiger partial charge in [0.1, 0.15) is 0 Å². The van der Waals surface area contributed by atoms with E-state index in [4.69, 9.17) is 0 Å². The van der Waals surface area contributed by atoms with Crippen LogP contribution in [-0.4, -0.2) is 14.3 Å². The van der Waals surface area contributed by atoms with Gasteiger partial charge in [-0.2, -0.15) is 0 Å². The molecule has 2 N–H and O–H groups in total. The minimum Gasteiger partial charge on any atom is -0.273 e. The van der Waals surface area contributed by atoms with Gasteiger partial charge in [-0.3, -0.25) is 10.2 Å². The highest BCUT2D eigenvalue weighted by atomic mass is 32.2. The summed E-state index contributed by atoms with van der Waals surface area (Å²) in [5, 5.41) is 0. The van der Waals surface area contributed by atoms with Crippen molar-refractivity contribution in [3.8, 4) is 0 Å². The van der Waals surface area contributed by atoms with Crippen molar-refractivity contribution < 1.29 is 13.2 Å². The molecule has 2 rings (SSSR count). The van der Waals surface area contributed by atoms with Crippen molar-refractivity contribution in [2.24, 2.45) is 0 Å². The molecule has 0 atom stereocenters. The Balaban J connectivity index is 2.09. The second-order valence-corrected chi connectivity index (χ2v) is 8.82. The molecule has 0 radical (unpaired) electrons. The molecule has 0 aliphatic carbocycles. The highest BCUT2D eigenvalue weighted by Crippen LogP contribution is 2.22. The molecule has 25 heavy (non-hydrogen) atoms. The van der Waals surface area contributed by atoms with E-state index in [-0.39, 0.29) is 10.3 Å². The maximum absolute atomic E-state index is 12.3. The van der Waals surface area contributed by atoms with Gasteiger partial charge in [-0.1, -0.05) is 39.0 Å². The van der Waals surface area contributed by atoms with E-state index in [2.05, 4.69) is 31.0 Å². The van der Waals surface area contributed by atoms with Crippen LogP contribution < -0.4 is 10.3 Å². The number of rotatable bonds is 4. The van der Waals surface area contributed by atoms with Crippen molar-refractivity contribution in [3.05, 3.63) is 64.7 Å². The fourth-order valence-electron chi connectivity index (χ4n) is 2.25. The van der Waals surface area contributed by atoms with Gasteiger partial charge in [-0.25, -0.2) is 8.42 Å². The van der Waals surface area contributed by atoms with Crippen molar-refractivity contribution in [2.75, 3.05) is 0 Å². The third kappa shape index (κ3) is 4.67. The normalized spacial score (nSPS) is 12.0. The zero-order valence-corrected chi connectivity index (χ0v) is 16.0. The Morgan fingerprint density at radius 2 is 1.52 bits per heavy atom. The maximum Gasteiger partial charge on any atom is 0.266 e. The summed E-state index contributed by atoms with van der Waals surface area (Å²) in [4.78, 5) is 14.4. The molecule has 0 bridgehead atoms. The summed E-state index contributed by atoms with van der Waals surface area (Å²) in [7, 11) is -3.82. The van der Waals surface area contributed by atoms with Gasteiger partial charge in [0.05, 0.1) is 4.90 Å². The third-order valence-corrected chi connectivity index (χ3v) is 5.35. The molecule has 2 aromatic carbocycles. The zero-order valence-electron chi connectivity index (χ0n) is 15.2. The number of aryl methyl sites for hydroxylation is 2. The molecule has 0 spiro atoms. The van der Waals surface area contributed by atoms with Gasteiger partial charge in [0.25, 0.3) is 15.9 Å². The Morgan fingerprint density at radius 3 is 2.04 bits per heavy atom. The number of carbonyl (C=O) groups excluding carboxylic acids is 1. The van der Waals surface area contributed by atoms with E-state index >= 15 is 0 Å². The van der Waals surface area contributed by atoms with E-state index in [9.17, 15) is 13.2 Å². The monoisotopic (exact) mass is 360 g/mol. The van der Waals surface area contributed by atoms with Gasteiger partial charge >= 0.3 is 0 Å². The fourth-order valence-corrected chi connectivity index (χ4v) is 3.17. The van der Waals surface area contributed by atoms with Crippen LogP contribution in [0.4, 0.5) is 0 Å². The number of hydrazine groups is 1. The van der Waals surface area contributed by atoms with Gasteiger partial charge in [0.15, 0.2) is 0 Å². The summed E-state index contributed by atoms with van der Waals surface area (Å²) < 4.78 is 24.6. The minimum atomic E-state index is -3.82. The molecule has 5 nitrogen and oxygen atoms in total. The molecule has 0 aliphatic heterocycles. The summed E-state index contributed by atoms with van der Waals surface area (Å²) in [6, 6.07) is 11.9. The van der Waals surface area contributed by atoms with Crippen molar-refractivity contribution in [2.45, 2.75) is 44.9 Å². The van der Waals surface area contributed by atoms with Gasteiger partial charge < -0.3 is 0 Å². The van der Waals surface area contributed by atoms with Crippen LogP contribution in [0.25, 0.3) is 0 Å². The average molecular weight is 360 g/mol. The number of amides is 1. The molecular formula is C19H24N2O3S. The Kier molecular flexibility index (Phi) is 5.34. The molecule has 0 heterocycles. The molecule has 134 valence electrons. The van der Waals surface area contributed by atoms with E-state index in [0.717, 1.165) is 16.7 Å². The number of carbonyl (C=O) groups is 1. The number of sulfonamides is 1. The molecule has 0 aromatic heterocycles. The molecule has 2 aromatic rings. The number of hydrogen-bond acceptors (Lipinski definition) is 3. The topological polar surface area (TPSA) is 75.3 Å². The molecular weight excluding hydrogens is 336 g/mol. The van der Waals surface area contributed by atoms with Gasteiger partial charge in [0.2, 0.25) is 0 Å². The van der Waals surface area contributed by atoms with Crippen LogP contribution in [0, 0.1) is 13.8 Å². The smallest absolute Gasteiger partial charge is 0.266 e. The molecule has 1 amide bonds. The van der Waals surface area contributed by atoms with Crippen LogP contribution in [0.1, 0.15) is 47.8 Å². The lowest BCUT2D eigenvalue weighted by Crippen LogP contribution is -2.41. The summed E-state index contributed by atoms with van der Waals surface area (Å²) in [6.45, 7) is 9.99. The first-order valence-corrected chi connectivity index (χ1v) is 9.49. The van der Waals surface area contributed by atoms with Gasteiger partial charge in [0, 0.05) is 5.56 Å². The summed E-state index contributed by atoms with van der Waals surface area (Å²) in [5.74, 6) is -0.507. The van der Waals surface area contributed by atoms with Crippen molar-refractivity contribution in [3.63, 3.8) is 0 Å². The van der Waals surface area contributed by atoms with Crippen LogP contribution in [0.15, 0.2) is 47.4 Å². The molecule has 0 aliphatic rings. The van der Waals surface area contributed by atoms with Crippen LogP contribution in [0.5, 0.6) is 0 Å². The Labute approximate surface area is 149 Å². The van der Waals surface area contributed by atoms with Crippen LogP contribution in [0.2, 0.25) is 0 Å². The highest BCUT2D eigenvalue weighted by molar-refractivity contribution is 7.89. The Bertz CT molecular complexity index is 880. The van der Waals surface area contributed by atoms with Crippen molar-refractivity contribution in [1.82, 2.24) is 10.3 Å². The van der Waals surface area contributed by atoms with Crippen LogP contribution in [-0.2, 0) is 15.4 Å². The number of nitrogens with one attached hydrogen (secondary N) is 2. The van der Waals surface area contributed by atoms with Gasteiger partial charge in [-0.15, -0.1) is 4.83 Å². The van der Waals surface area contributed by atoms with Gasteiger partial charge in [-0.05, 0) is 60.2 Å². The number of benzene rings is 2. The van der Waals surface area contributed by atoms with E-state index in [1.165, 1.54) is 6.07 Å². The van der Waals surface area contributed by atoms with E-state index in [1.807, 2.05) is 26.0 Å². The Hall–Kier alpha value is -2.18. The first kappa shape index (κ1) is 19.1. The molecule has 0 unspecified atom stereocenters. The fraction of sp³-hybridized carbons (Fsp3) is 0.316. The average Bonchev–Trinajstić information content (AvgIpc) is 2.54. The van der Waals surface area contributed by atoms with Crippen LogP contribution >= 0.6 is 0 Å². The van der Waals surface area contributed by atoms with Crippen LogP contribution in [0.3, 0.4) is 0 Å². The van der Waals surface area contributed by atoms with Crippen molar-refractivity contribution in [1.29, 1.82) is 0 Å². The van der Waals surface area contributed by atoms with E-state index in [0.29, 0.717) is 5.56 Å². The quantitative estimate of drug-likeness (QED) is 0.822. The summed E-state index contributed by atoms with van der Waals surface area (Å²) in [5.41, 5.74) is 5.59. The zero-order chi connectivity index (χ0) is 18.8. The lowest BCUT2D eigenvalue weighted by molar-refractivity contribution is 0.0945. The van der Waals surface area contributed by atoms with E-state index in [1.54, 1.807) is 24.3 Å². The summed E-state index contributed by atoms with van der Waals surface area (Å²) in [6.07, 6.45) is 0. The highest BCUT2D eigenvalue weighted by Gasteiger charge is 2.17. The first-order valence-electron chi connectivity index (χ1n) is 8.01. The second kappa shape index (κ2) is 6.98. The molecule has 0 saturated carbocycles. The predicted molar refractivity (Wildman–Crippen MR) is 98.8 cm³/mol. The Morgan fingerprint density at radius 1 is 0.920 bits per heavy atom. The molecule has 6 heteroatoms. The predicted octanol–water partition coefficient (Wildman–Crippen LogP) is 3.22. The maximum atomic E-state index is 12.3. The lowest BCUT2D eigenvalue weighted by atomic mass is 9.87. The minimum absolute atomic E-state index is 0.0140. The third-order valence-electron chi connectivity index (χ3n) is 4.10. The van der Waals surface area contributed by atoms with E-state index < -0.39 is 15.9 Å². The SMILES string of the molecule is Cc1ccc(S(=O)(=O)NNC(=O)c2ccc(C(C)(C)C)cc2)cc1C. The first-order chi connectivity index (χ1) is 11.5. The standard InChI is InChI=1S/C19H24N2O3S/c1-13-6-11-17(12-14(13)2)25(23,24)21-20-18(22)15-7-9-16(10-8-15)19(3,4)5/h6-12,21H,1-5H3,(H,20,22). The molecule has 0 fully saturated rings.